The number of aliphatic hydroxyl groups is 1. The van der Waals surface area contributed by atoms with E-state index in [9.17, 15) is 9.90 Å². The Labute approximate surface area is 133 Å². The Morgan fingerprint density at radius 2 is 2.41 bits per heavy atom. The van der Waals surface area contributed by atoms with Crippen LogP contribution in [0.4, 0.5) is 0 Å². The molecule has 3 rings (SSSR count). The van der Waals surface area contributed by atoms with Crippen LogP contribution in [0, 0.1) is 0 Å². The second-order valence-electron chi connectivity index (χ2n) is 5.55. The highest BCUT2D eigenvalue weighted by Gasteiger charge is 2.32. The van der Waals surface area contributed by atoms with E-state index >= 15 is 0 Å². The zero-order valence-corrected chi connectivity index (χ0v) is 13.0. The third-order valence-electron chi connectivity index (χ3n) is 3.96. The van der Waals surface area contributed by atoms with Crippen molar-refractivity contribution < 1.29 is 9.90 Å². The fourth-order valence-electron chi connectivity index (χ4n) is 2.86. The number of nitrogens with one attached hydrogen (secondary N) is 1. The van der Waals surface area contributed by atoms with Gasteiger partial charge in [0.2, 0.25) is 0 Å². The minimum atomic E-state index is -0.104. The number of rotatable bonds is 5. The number of hydrogen-bond donors (Lipinski definition) is 2. The summed E-state index contributed by atoms with van der Waals surface area (Å²) >= 11 is 1.67. The first-order chi connectivity index (χ1) is 10.8. The lowest BCUT2D eigenvalue weighted by atomic mass is 10.1. The maximum atomic E-state index is 12.2. The number of pyridine rings is 1. The van der Waals surface area contributed by atoms with E-state index in [4.69, 9.17) is 0 Å². The topological polar surface area (TPSA) is 65.5 Å². The molecule has 0 unspecified atom stereocenters. The Balaban J connectivity index is 1.60. The molecule has 2 aromatic heterocycles. The molecule has 1 aliphatic rings. The van der Waals surface area contributed by atoms with Gasteiger partial charge in [0, 0.05) is 37.6 Å². The first-order valence-electron chi connectivity index (χ1n) is 7.33. The van der Waals surface area contributed by atoms with E-state index in [-0.39, 0.29) is 24.6 Å². The second kappa shape index (κ2) is 7.00. The largest absolute Gasteiger partial charge is 0.395 e. The molecule has 0 aliphatic carbocycles. The number of nitrogens with zero attached hydrogens (tertiary/aromatic N) is 2. The van der Waals surface area contributed by atoms with Crippen LogP contribution in [-0.4, -0.2) is 46.1 Å². The van der Waals surface area contributed by atoms with E-state index in [0.29, 0.717) is 5.56 Å². The average Bonchev–Trinajstić information content (AvgIpc) is 3.18. The minimum Gasteiger partial charge on any atom is -0.395 e. The SMILES string of the molecule is O=C(N[C@H]1C[C@@H](CO)N(Cc2ccsc2)C1)c1cccnc1. The molecule has 3 heterocycles. The Morgan fingerprint density at radius 1 is 1.50 bits per heavy atom. The Bertz CT molecular complexity index is 603. The molecule has 0 radical (unpaired) electrons. The van der Waals surface area contributed by atoms with E-state index in [1.54, 1.807) is 35.9 Å². The number of aromatic nitrogens is 1. The summed E-state index contributed by atoms with van der Waals surface area (Å²) in [6.07, 6.45) is 3.99. The van der Waals surface area contributed by atoms with Crippen molar-refractivity contribution >= 4 is 17.2 Å². The van der Waals surface area contributed by atoms with Gasteiger partial charge in [0.15, 0.2) is 0 Å². The quantitative estimate of drug-likeness (QED) is 0.877. The van der Waals surface area contributed by atoms with Crippen molar-refractivity contribution in [3.63, 3.8) is 0 Å². The van der Waals surface area contributed by atoms with Crippen molar-refractivity contribution in [3.8, 4) is 0 Å². The van der Waals surface area contributed by atoms with Crippen LogP contribution in [0.2, 0.25) is 0 Å². The standard InChI is InChI=1S/C16H19N3O2S/c20-10-15-6-14(9-19(15)8-12-3-5-22-11-12)18-16(21)13-2-1-4-17-7-13/h1-5,7,11,14-15,20H,6,8-10H2,(H,18,21)/t14-,15-/m0/s1. The molecule has 2 N–H and O–H groups in total. The molecule has 1 fully saturated rings. The Morgan fingerprint density at radius 3 is 3.09 bits per heavy atom. The number of amides is 1. The number of likely N-dealkylation sites (tertiary alicyclic amines) is 1. The molecule has 1 saturated heterocycles. The van der Waals surface area contributed by atoms with Gasteiger partial charge in [-0.15, -0.1) is 0 Å². The van der Waals surface area contributed by atoms with Crippen molar-refractivity contribution in [1.82, 2.24) is 15.2 Å². The predicted molar refractivity (Wildman–Crippen MR) is 85.7 cm³/mol. The second-order valence-corrected chi connectivity index (χ2v) is 6.33. The maximum Gasteiger partial charge on any atom is 0.253 e. The molecule has 1 aliphatic heterocycles. The summed E-state index contributed by atoms with van der Waals surface area (Å²) in [5, 5.41) is 16.8. The fraction of sp³-hybridized carbons (Fsp3) is 0.375. The molecular weight excluding hydrogens is 298 g/mol. The van der Waals surface area contributed by atoms with Crippen molar-refractivity contribution in [3.05, 3.63) is 52.5 Å². The van der Waals surface area contributed by atoms with E-state index in [1.807, 2.05) is 0 Å². The molecule has 22 heavy (non-hydrogen) atoms. The molecule has 2 atom stereocenters. The molecule has 2 aromatic rings. The van der Waals surface area contributed by atoms with Gasteiger partial charge in [0.25, 0.3) is 5.91 Å². The smallest absolute Gasteiger partial charge is 0.253 e. The van der Waals surface area contributed by atoms with Gasteiger partial charge in [0.1, 0.15) is 0 Å². The molecule has 6 heteroatoms. The van der Waals surface area contributed by atoms with Gasteiger partial charge in [0.05, 0.1) is 12.2 Å². The number of carbonyl (C=O) groups is 1. The number of thiophene rings is 1. The molecule has 0 saturated carbocycles. The van der Waals surface area contributed by atoms with Gasteiger partial charge >= 0.3 is 0 Å². The summed E-state index contributed by atoms with van der Waals surface area (Å²) in [5.74, 6) is -0.104. The first-order valence-corrected chi connectivity index (χ1v) is 8.27. The van der Waals surface area contributed by atoms with Crippen molar-refractivity contribution in [2.45, 2.75) is 25.0 Å². The van der Waals surface area contributed by atoms with E-state index in [0.717, 1.165) is 19.5 Å². The minimum absolute atomic E-state index is 0.0588. The molecule has 1 amide bonds. The molecule has 5 nitrogen and oxygen atoms in total. The molecule has 116 valence electrons. The van der Waals surface area contributed by atoms with Gasteiger partial charge in [-0.3, -0.25) is 14.7 Å². The summed E-state index contributed by atoms with van der Waals surface area (Å²) in [6, 6.07) is 5.76. The van der Waals surface area contributed by atoms with Crippen LogP contribution in [0.15, 0.2) is 41.4 Å². The summed E-state index contributed by atoms with van der Waals surface area (Å²) in [6.45, 7) is 1.68. The van der Waals surface area contributed by atoms with Gasteiger partial charge in [-0.2, -0.15) is 11.3 Å². The van der Waals surface area contributed by atoms with Gasteiger partial charge in [-0.05, 0) is 40.9 Å². The van der Waals surface area contributed by atoms with Crippen LogP contribution in [0.1, 0.15) is 22.3 Å². The van der Waals surface area contributed by atoms with Crippen LogP contribution in [0.5, 0.6) is 0 Å². The van der Waals surface area contributed by atoms with Crippen molar-refractivity contribution in [1.29, 1.82) is 0 Å². The van der Waals surface area contributed by atoms with E-state index in [1.165, 1.54) is 5.56 Å². The van der Waals surface area contributed by atoms with Crippen molar-refractivity contribution in [2.75, 3.05) is 13.2 Å². The summed E-state index contributed by atoms with van der Waals surface area (Å²) in [5.41, 5.74) is 1.82. The van der Waals surface area contributed by atoms with E-state index in [2.05, 4.69) is 32.0 Å². The molecule has 0 spiro atoms. The van der Waals surface area contributed by atoms with Crippen LogP contribution in [0.25, 0.3) is 0 Å². The van der Waals surface area contributed by atoms with Crippen molar-refractivity contribution in [2.24, 2.45) is 0 Å². The van der Waals surface area contributed by atoms with Gasteiger partial charge < -0.3 is 10.4 Å². The summed E-state index contributed by atoms with van der Waals surface area (Å²) < 4.78 is 0. The van der Waals surface area contributed by atoms with Crippen LogP contribution in [0.3, 0.4) is 0 Å². The molecule has 0 aromatic carbocycles. The average molecular weight is 317 g/mol. The highest BCUT2D eigenvalue weighted by atomic mass is 32.1. The third kappa shape index (κ3) is 3.52. The zero-order valence-electron chi connectivity index (χ0n) is 12.2. The summed E-state index contributed by atoms with van der Waals surface area (Å²) in [7, 11) is 0. The van der Waals surface area contributed by atoms with Crippen LogP contribution < -0.4 is 5.32 Å². The summed E-state index contributed by atoms with van der Waals surface area (Å²) in [4.78, 5) is 18.4. The maximum absolute atomic E-state index is 12.2. The van der Waals surface area contributed by atoms with Gasteiger partial charge in [-0.25, -0.2) is 0 Å². The fourth-order valence-corrected chi connectivity index (χ4v) is 3.52. The monoisotopic (exact) mass is 317 g/mol. The molecular formula is C16H19N3O2S. The predicted octanol–water partition coefficient (Wildman–Crippen LogP) is 1.51. The van der Waals surface area contributed by atoms with Crippen LogP contribution in [-0.2, 0) is 6.54 Å². The van der Waals surface area contributed by atoms with Crippen LogP contribution >= 0.6 is 11.3 Å². The number of aliphatic hydroxyl groups excluding tert-OH is 1. The lowest BCUT2D eigenvalue weighted by molar-refractivity contribution is 0.0937. The highest BCUT2D eigenvalue weighted by Crippen LogP contribution is 2.21. The number of hydrogen-bond acceptors (Lipinski definition) is 5. The Kier molecular flexibility index (Phi) is 4.82. The third-order valence-corrected chi connectivity index (χ3v) is 4.70. The highest BCUT2D eigenvalue weighted by molar-refractivity contribution is 7.07. The zero-order chi connectivity index (χ0) is 15.4. The van der Waals surface area contributed by atoms with Gasteiger partial charge in [-0.1, -0.05) is 0 Å². The lowest BCUT2D eigenvalue weighted by Crippen LogP contribution is -2.37. The normalized spacial score (nSPS) is 21.9. The number of carbonyl (C=O) groups excluding carboxylic acids is 1. The first kappa shape index (κ1) is 15.1. The Hall–Kier alpha value is -1.76. The molecule has 0 bridgehead atoms. The lowest BCUT2D eigenvalue weighted by Gasteiger charge is -2.21. The van der Waals surface area contributed by atoms with E-state index < -0.39 is 0 Å².